The molecule has 0 saturated carbocycles. The first-order valence-corrected chi connectivity index (χ1v) is 17.0. The second-order valence-corrected chi connectivity index (χ2v) is 12.9. The maximum absolute atomic E-state index is 12.4. The summed E-state index contributed by atoms with van der Waals surface area (Å²) in [5, 5.41) is 0. The Kier molecular flexibility index (Phi) is 13.4. The van der Waals surface area contributed by atoms with Crippen LogP contribution < -0.4 is 14.2 Å². The predicted molar refractivity (Wildman–Crippen MR) is 161 cm³/mol. The summed E-state index contributed by atoms with van der Waals surface area (Å²) in [6.45, 7) is -0.637. The zero-order chi connectivity index (χ0) is 32.2. The minimum atomic E-state index is -4.10. The van der Waals surface area contributed by atoms with Gasteiger partial charge in [-0.1, -0.05) is 36.4 Å². The van der Waals surface area contributed by atoms with Gasteiger partial charge in [-0.3, -0.25) is 4.18 Å². The van der Waals surface area contributed by atoms with Crippen LogP contribution >= 0.6 is 0 Å². The smallest absolute Gasteiger partial charge is 0.266 e. The highest BCUT2D eigenvalue weighted by Crippen LogP contribution is 2.23. The molecule has 0 spiro atoms. The highest BCUT2D eigenvalue weighted by molar-refractivity contribution is 7.86. The summed E-state index contributed by atoms with van der Waals surface area (Å²) in [6.07, 6.45) is -2.25. The van der Waals surface area contributed by atoms with Gasteiger partial charge in [-0.25, -0.2) is 4.18 Å². The molecule has 0 amide bonds. The van der Waals surface area contributed by atoms with Crippen molar-refractivity contribution in [3.05, 3.63) is 89.5 Å². The zero-order valence-corrected chi connectivity index (χ0v) is 26.8. The average Bonchev–Trinajstić information content (AvgIpc) is 3.00. The zero-order valence-electron chi connectivity index (χ0n) is 25.2. The van der Waals surface area contributed by atoms with Crippen LogP contribution in [-0.4, -0.2) is 75.8 Å². The Bertz CT molecular complexity index is 1490. The number of methoxy groups -OCH3 is 3. The van der Waals surface area contributed by atoms with Gasteiger partial charge in [0.15, 0.2) is 0 Å². The first-order valence-electron chi connectivity index (χ1n) is 13.4. The lowest BCUT2D eigenvalue weighted by molar-refractivity contribution is -0.214. The molecular formula is C30H38O12S2. The lowest BCUT2D eigenvalue weighted by atomic mass is 10.1. The van der Waals surface area contributed by atoms with E-state index in [1.54, 1.807) is 87.0 Å². The topological polar surface area (TPSA) is 142 Å². The van der Waals surface area contributed by atoms with Crippen LogP contribution in [0.1, 0.15) is 16.7 Å². The Morgan fingerprint density at radius 1 is 0.545 bits per heavy atom. The van der Waals surface area contributed by atoms with E-state index in [0.29, 0.717) is 28.4 Å². The molecule has 0 aliphatic carbocycles. The predicted octanol–water partition coefficient (Wildman–Crippen LogP) is 3.68. The molecule has 3 rings (SSSR count). The van der Waals surface area contributed by atoms with Crippen LogP contribution in [0.15, 0.2) is 72.8 Å². The van der Waals surface area contributed by atoms with E-state index in [1.165, 1.54) is 7.11 Å². The van der Waals surface area contributed by atoms with E-state index in [4.69, 9.17) is 36.8 Å². The van der Waals surface area contributed by atoms with Crippen molar-refractivity contribution in [2.24, 2.45) is 0 Å². The Morgan fingerprint density at radius 3 is 1.30 bits per heavy atom. The van der Waals surface area contributed by atoms with Crippen LogP contribution in [0.4, 0.5) is 0 Å². The molecule has 44 heavy (non-hydrogen) atoms. The van der Waals surface area contributed by atoms with Gasteiger partial charge in [0.1, 0.15) is 29.5 Å². The van der Waals surface area contributed by atoms with Crippen molar-refractivity contribution in [2.75, 3.05) is 40.4 Å². The third-order valence-corrected chi connectivity index (χ3v) is 7.25. The van der Waals surface area contributed by atoms with E-state index in [2.05, 4.69) is 0 Å². The lowest BCUT2D eigenvalue weighted by Gasteiger charge is -2.32. The quantitative estimate of drug-likeness (QED) is 0.137. The SMILES string of the molecule is COc1ccc(CO[C@@H](OS(C)(=O)=O)[C@H](OCc2ccc(OC)cc2)[C@H](COS(C)(=O)=O)OCc2ccc(OC)cc2)cc1. The molecule has 3 aromatic rings. The molecule has 3 aromatic carbocycles. The first-order chi connectivity index (χ1) is 20.9. The number of rotatable bonds is 19. The number of benzene rings is 3. The molecule has 0 heterocycles. The van der Waals surface area contributed by atoms with Crippen LogP contribution in [-0.2, 0) is 62.6 Å². The fourth-order valence-electron chi connectivity index (χ4n) is 3.88. The number of hydrogen-bond donors (Lipinski definition) is 0. The summed E-state index contributed by atoms with van der Waals surface area (Å²) < 4.78 is 93.1. The number of ether oxygens (including phenoxy) is 6. The lowest BCUT2D eigenvalue weighted by Crippen LogP contribution is -2.47. The Morgan fingerprint density at radius 2 is 0.932 bits per heavy atom. The second-order valence-electron chi connectivity index (χ2n) is 9.64. The average molecular weight is 655 g/mol. The van der Waals surface area contributed by atoms with Crippen molar-refractivity contribution in [1.29, 1.82) is 0 Å². The van der Waals surface area contributed by atoms with Crippen molar-refractivity contribution >= 4 is 20.2 Å². The molecule has 0 aliphatic rings. The van der Waals surface area contributed by atoms with Crippen molar-refractivity contribution in [3.8, 4) is 17.2 Å². The van der Waals surface area contributed by atoms with Crippen LogP contribution in [0.5, 0.6) is 17.2 Å². The van der Waals surface area contributed by atoms with Crippen molar-refractivity contribution in [3.63, 3.8) is 0 Å². The summed E-state index contributed by atoms with van der Waals surface area (Å²) in [4.78, 5) is 0. The molecular weight excluding hydrogens is 616 g/mol. The molecule has 242 valence electrons. The van der Waals surface area contributed by atoms with Crippen molar-refractivity contribution in [2.45, 2.75) is 38.3 Å². The Labute approximate surface area is 259 Å². The maximum atomic E-state index is 12.4. The molecule has 0 bridgehead atoms. The molecule has 3 atom stereocenters. The van der Waals surface area contributed by atoms with Gasteiger partial charge in [0.05, 0.1) is 60.3 Å². The molecule has 0 aliphatic heterocycles. The third-order valence-electron chi connectivity index (χ3n) is 6.15. The number of hydrogen-bond acceptors (Lipinski definition) is 12. The van der Waals surface area contributed by atoms with Gasteiger partial charge in [0.2, 0.25) is 6.29 Å². The first kappa shape index (κ1) is 35.2. The molecule has 0 fully saturated rings. The third kappa shape index (κ3) is 12.4. The van der Waals surface area contributed by atoms with Gasteiger partial charge in [-0.05, 0) is 53.1 Å². The molecule has 0 unspecified atom stereocenters. The van der Waals surface area contributed by atoms with E-state index in [9.17, 15) is 16.8 Å². The fourth-order valence-corrected chi connectivity index (χ4v) is 4.77. The molecule has 12 nitrogen and oxygen atoms in total. The summed E-state index contributed by atoms with van der Waals surface area (Å²) in [7, 11) is -3.39. The molecule has 0 aromatic heterocycles. The van der Waals surface area contributed by atoms with Crippen LogP contribution in [0, 0.1) is 0 Å². The van der Waals surface area contributed by atoms with Gasteiger partial charge in [0, 0.05) is 0 Å². The summed E-state index contributed by atoms with van der Waals surface area (Å²) >= 11 is 0. The minimum Gasteiger partial charge on any atom is -0.497 e. The standard InChI is InChI=1S/C30H38O12S2/c1-35-25-12-6-22(7-13-25)18-38-28(21-41-43(4,31)32)29(39-19-23-8-14-26(36-2)15-9-23)30(42-44(5,33)34)40-20-24-10-16-27(37-3)17-11-24/h6-17,28-30H,18-21H2,1-5H3/t28-,29+,30-/m0/s1. The summed E-state index contributed by atoms with van der Waals surface area (Å²) in [5.41, 5.74) is 2.12. The van der Waals surface area contributed by atoms with Gasteiger partial charge >= 0.3 is 0 Å². The van der Waals surface area contributed by atoms with Crippen LogP contribution in [0.3, 0.4) is 0 Å². The van der Waals surface area contributed by atoms with Gasteiger partial charge < -0.3 is 28.4 Å². The van der Waals surface area contributed by atoms with E-state index >= 15 is 0 Å². The second kappa shape index (κ2) is 16.7. The van der Waals surface area contributed by atoms with Crippen LogP contribution in [0.25, 0.3) is 0 Å². The molecule has 0 saturated heterocycles. The summed E-state index contributed by atoms with van der Waals surface area (Å²) in [5.74, 6) is 1.90. The van der Waals surface area contributed by atoms with E-state index in [1.807, 2.05) is 0 Å². The van der Waals surface area contributed by atoms with Gasteiger partial charge in [-0.2, -0.15) is 16.8 Å². The normalized spacial score (nSPS) is 14.0. The molecule has 14 heteroatoms. The Balaban J connectivity index is 1.95. The largest absolute Gasteiger partial charge is 0.497 e. The summed E-state index contributed by atoms with van der Waals surface area (Å²) in [6, 6.07) is 21.0. The van der Waals surface area contributed by atoms with E-state index in [-0.39, 0.29) is 19.8 Å². The van der Waals surface area contributed by atoms with Crippen molar-refractivity contribution in [1.82, 2.24) is 0 Å². The van der Waals surface area contributed by atoms with Gasteiger partial charge in [-0.15, -0.1) is 0 Å². The molecule has 0 N–H and O–H groups in total. The van der Waals surface area contributed by atoms with Crippen molar-refractivity contribution < 1.29 is 53.6 Å². The van der Waals surface area contributed by atoms with E-state index in [0.717, 1.165) is 18.1 Å². The highest BCUT2D eigenvalue weighted by atomic mass is 32.2. The minimum absolute atomic E-state index is 0.00570. The van der Waals surface area contributed by atoms with E-state index < -0.39 is 45.3 Å². The molecule has 0 radical (unpaired) electrons. The monoisotopic (exact) mass is 654 g/mol. The maximum Gasteiger partial charge on any atom is 0.266 e. The Hall–Kier alpha value is -3.24. The van der Waals surface area contributed by atoms with Crippen LogP contribution in [0.2, 0.25) is 0 Å². The highest BCUT2D eigenvalue weighted by Gasteiger charge is 2.37. The van der Waals surface area contributed by atoms with Gasteiger partial charge in [0.25, 0.3) is 20.2 Å². The fraction of sp³-hybridized carbons (Fsp3) is 0.400.